The van der Waals surface area contributed by atoms with Gasteiger partial charge in [0.25, 0.3) is 0 Å². The van der Waals surface area contributed by atoms with Crippen LogP contribution in [0.3, 0.4) is 0 Å². The Morgan fingerprint density at radius 3 is 1.00 bits per heavy atom. The Labute approximate surface area is 234 Å². The summed E-state index contributed by atoms with van der Waals surface area (Å²) in [5, 5.41) is 7.84. The zero-order valence-corrected chi connectivity index (χ0v) is 22.0. The molecule has 0 aliphatic carbocycles. The summed E-state index contributed by atoms with van der Waals surface area (Å²) in [7, 11) is 0. The van der Waals surface area contributed by atoms with Crippen LogP contribution in [-0.2, 0) is 0 Å². The summed E-state index contributed by atoms with van der Waals surface area (Å²) < 4.78 is 0. The zero-order valence-electron chi connectivity index (χ0n) is 22.0. The fourth-order valence-corrected chi connectivity index (χ4v) is 6.45. The SMILES string of the molecule is c1ccc(-c2ccccc2-c2ccc3ccc4c(-c5ccccc5-c5ccccc5)ccc5ccc2c3c54)cc1. The Hall–Kier alpha value is -5.20. The average molecular weight is 507 g/mol. The number of rotatable bonds is 4. The van der Waals surface area contributed by atoms with Crippen LogP contribution in [0.15, 0.2) is 158 Å². The number of benzene rings is 8. The first kappa shape index (κ1) is 22.8. The lowest BCUT2D eigenvalue weighted by atomic mass is 9.85. The molecule has 0 saturated heterocycles. The zero-order chi connectivity index (χ0) is 26.5. The minimum atomic E-state index is 1.24. The van der Waals surface area contributed by atoms with Crippen LogP contribution in [0.1, 0.15) is 0 Å². The molecule has 186 valence electrons. The van der Waals surface area contributed by atoms with E-state index < -0.39 is 0 Å². The summed E-state index contributed by atoms with van der Waals surface area (Å²) in [6.07, 6.45) is 0. The van der Waals surface area contributed by atoms with Crippen molar-refractivity contribution in [1.82, 2.24) is 0 Å². The first-order valence-electron chi connectivity index (χ1n) is 13.9. The van der Waals surface area contributed by atoms with Crippen LogP contribution in [-0.4, -0.2) is 0 Å². The van der Waals surface area contributed by atoms with E-state index in [0.29, 0.717) is 0 Å². The van der Waals surface area contributed by atoms with Crippen molar-refractivity contribution in [3.63, 3.8) is 0 Å². The first-order valence-corrected chi connectivity index (χ1v) is 13.9. The molecule has 8 aromatic carbocycles. The second-order valence-electron chi connectivity index (χ2n) is 10.5. The second kappa shape index (κ2) is 9.22. The fourth-order valence-electron chi connectivity index (χ4n) is 6.45. The Kier molecular flexibility index (Phi) is 5.24. The molecule has 0 spiro atoms. The summed E-state index contributed by atoms with van der Waals surface area (Å²) in [6.45, 7) is 0. The molecule has 0 unspecified atom stereocenters. The van der Waals surface area contributed by atoms with Gasteiger partial charge in [0.2, 0.25) is 0 Å². The average Bonchev–Trinajstić information content (AvgIpc) is 3.04. The smallest absolute Gasteiger partial charge is 0.00203 e. The molecule has 0 heterocycles. The molecule has 0 nitrogen and oxygen atoms in total. The molecule has 0 aliphatic rings. The van der Waals surface area contributed by atoms with Crippen LogP contribution in [0, 0.1) is 0 Å². The molecule has 0 fully saturated rings. The van der Waals surface area contributed by atoms with Crippen molar-refractivity contribution in [1.29, 1.82) is 0 Å². The number of hydrogen-bond donors (Lipinski definition) is 0. The molecule has 0 N–H and O–H groups in total. The third kappa shape index (κ3) is 3.54. The third-order valence-electron chi connectivity index (χ3n) is 8.27. The molecule has 0 amide bonds. The van der Waals surface area contributed by atoms with Gasteiger partial charge in [-0.25, -0.2) is 0 Å². The standard InChI is InChI=1S/C40H26/c1-3-11-27(12-4-1)31-15-7-9-17-33(31)35-23-19-29-22-26-38-36(24-20-30-21-25-37(35)39(29)40(30)38)34-18-10-8-16-32(34)28-13-5-2-6-14-28/h1-26H. The maximum absolute atomic E-state index is 2.32. The molecule has 0 aromatic heterocycles. The van der Waals surface area contributed by atoms with Crippen molar-refractivity contribution >= 4 is 32.3 Å². The van der Waals surface area contributed by atoms with E-state index in [9.17, 15) is 0 Å². The molecule has 0 heteroatoms. The van der Waals surface area contributed by atoms with Crippen molar-refractivity contribution in [3.8, 4) is 44.5 Å². The Balaban J connectivity index is 1.41. The van der Waals surface area contributed by atoms with Gasteiger partial charge < -0.3 is 0 Å². The van der Waals surface area contributed by atoms with Gasteiger partial charge in [-0.05, 0) is 76.8 Å². The normalized spacial score (nSPS) is 11.5. The predicted molar refractivity (Wildman–Crippen MR) is 172 cm³/mol. The van der Waals surface area contributed by atoms with E-state index in [-0.39, 0.29) is 0 Å². The van der Waals surface area contributed by atoms with E-state index in [4.69, 9.17) is 0 Å². The lowest BCUT2D eigenvalue weighted by Gasteiger charge is -2.19. The molecule has 0 radical (unpaired) electrons. The highest BCUT2D eigenvalue weighted by Crippen LogP contribution is 2.45. The molecular weight excluding hydrogens is 480 g/mol. The highest BCUT2D eigenvalue weighted by atomic mass is 14.2. The highest BCUT2D eigenvalue weighted by Gasteiger charge is 2.17. The van der Waals surface area contributed by atoms with E-state index in [0.717, 1.165) is 0 Å². The van der Waals surface area contributed by atoms with Crippen LogP contribution in [0.4, 0.5) is 0 Å². The molecule has 8 aromatic rings. The van der Waals surface area contributed by atoms with E-state index >= 15 is 0 Å². The molecule has 0 atom stereocenters. The predicted octanol–water partition coefficient (Wildman–Crippen LogP) is 11.3. The summed E-state index contributed by atoms with van der Waals surface area (Å²) in [6, 6.07) is 57.4. The van der Waals surface area contributed by atoms with Gasteiger partial charge in [0.15, 0.2) is 0 Å². The quantitative estimate of drug-likeness (QED) is 0.208. The number of hydrogen-bond acceptors (Lipinski definition) is 0. The molecule has 0 bridgehead atoms. The van der Waals surface area contributed by atoms with Gasteiger partial charge in [-0.15, -0.1) is 0 Å². The second-order valence-corrected chi connectivity index (χ2v) is 10.5. The van der Waals surface area contributed by atoms with Crippen LogP contribution in [0.2, 0.25) is 0 Å². The first-order chi connectivity index (χ1) is 19.9. The molecule has 8 rings (SSSR count). The molecule has 0 saturated carbocycles. The van der Waals surface area contributed by atoms with Crippen LogP contribution in [0.25, 0.3) is 76.8 Å². The lowest BCUT2D eigenvalue weighted by molar-refractivity contribution is 1.60. The summed E-state index contributed by atoms with van der Waals surface area (Å²) in [5.41, 5.74) is 10.1. The minimum absolute atomic E-state index is 1.24. The van der Waals surface area contributed by atoms with Gasteiger partial charge in [-0.2, -0.15) is 0 Å². The van der Waals surface area contributed by atoms with Gasteiger partial charge in [0.1, 0.15) is 0 Å². The lowest BCUT2D eigenvalue weighted by Crippen LogP contribution is -1.91. The van der Waals surface area contributed by atoms with E-state index in [1.54, 1.807) is 0 Å². The molecule has 0 aliphatic heterocycles. The maximum atomic E-state index is 2.32. The molecular formula is C40H26. The van der Waals surface area contributed by atoms with E-state index in [2.05, 4.69) is 158 Å². The van der Waals surface area contributed by atoms with Crippen molar-refractivity contribution in [2.75, 3.05) is 0 Å². The van der Waals surface area contributed by atoms with Crippen molar-refractivity contribution in [3.05, 3.63) is 158 Å². The van der Waals surface area contributed by atoms with Gasteiger partial charge in [0.05, 0.1) is 0 Å². The summed E-state index contributed by atoms with van der Waals surface area (Å²) in [5.74, 6) is 0. The maximum Gasteiger partial charge on any atom is -0.00203 e. The van der Waals surface area contributed by atoms with Gasteiger partial charge >= 0.3 is 0 Å². The van der Waals surface area contributed by atoms with Gasteiger partial charge in [-0.3, -0.25) is 0 Å². The third-order valence-corrected chi connectivity index (χ3v) is 8.27. The van der Waals surface area contributed by atoms with Crippen molar-refractivity contribution in [2.45, 2.75) is 0 Å². The Morgan fingerprint density at radius 1 is 0.225 bits per heavy atom. The van der Waals surface area contributed by atoms with E-state index in [1.807, 2.05) is 0 Å². The fraction of sp³-hybridized carbons (Fsp3) is 0. The van der Waals surface area contributed by atoms with Crippen molar-refractivity contribution < 1.29 is 0 Å². The Morgan fingerprint density at radius 2 is 0.575 bits per heavy atom. The van der Waals surface area contributed by atoms with Gasteiger partial charge in [-0.1, -0.05) is 158 Å². The Bertz CT molecular complexity index is 1980. The van der Waals surface area contributed by atoms with Crippen molar-refractivity contribution in [2.24, 2.45) is 0 Å². The van der Waals surface area contributed by atoms with Crippen LogP contribution in [0.5, 0.6) is 0 Å². The monoisotopic (exact) mass is 506 g/mol. The van der Waals surface area contributed by atoms with E-state index in [1.165, 1.54) is 76.8 Å². The van der Waals surface area contributed by atoms with Gasteiger partial charge in [0, 0.05) is 0 Å². The molecule has 40 heavy (non-hydrogen) atoms. The van der Waals surface area contributed by atoms with Crippen LogP contribution >= 0.6 is 0 Å². The summed E-state index contributed by atoms with van der Waals surface area (Å²) >= 11 is 0. The minimum Gasteiger partial charge on any atom is -0.0622 e. The largest absolute Gasteiger partial charge is 0.0622 e. The summed E-state index contributed by atoms with van der Waals surface area (Å²) in [4.78, 5) is 0. The van der Waals surface area contributed by atoms with Crippen LogP contribution < -0.4 is 0 Å². The highest BCUT2D eigenvalue weighted by molar-refractivity contribution is 6.28. The topological polar surface area (TPSA) is 0 Å².